The van der Waals surface area contributed by atoms with Gasteiger partial charge in [-0.25, -0.2) is 0 Å². The summed E-state index contributed by atoms with van der Waals surface area (Å²) in [7, 11) is 1.80. The summed E-state index contributed by atoms with van der Waals surface area (Å²) in [4.78, 5) is 1.87. The van der Waals surface area contributed by atoms with Gasteiger partial charge in [0.15, 0.2) is 0 Å². The van der Waals surface area contributed by atoms with Gasteiger partial charge in [0, 0.05) is 37.6 Å². The van der Waals surface area contributed by atoms with Crippen molar-refractivity contribution in [2.45, 2.75) is 25.1 Å². The van der Waals surface area contributed by atoms with E-state index in [1.165, 1.54) is 0 Å². The number of fused-ring (bicyclic) bond motifs is 1. The second-order valence-corrected chi connectivity index (χ2v) is 5.96. The number of rotatable bonds is 3. The molecule has 8 heteroatoms. The van der Waals surface area contributed by atoms with Crippen LogP contribution in [0.4, 0.5) is 18.9 Å². The second-order valence-electron chi connectivity index (χ2n) is 5.96. The molecule has 0 aliphatic carbocycles. The zero-order chi connectivity index (χ0) is 16.6. The molecule has 0 saturated carbocycles. The molecular formula is C16H20ClF3N4. The molecule has 0 fully saturated rings. The Morgan fingerprint density at radius 3 is 2.71 bits per heavy atom. The Morgan fingerprint density at radius 2 is 2.08 bits per heavy atom. The van der Waals surface area contributed by atoms with Crippen LogP contribution in [0.1, 0.15) is 29.2 Å². The molecule has 1 aromatic heterocycles. The van der Waals surface area contributed by atoms with Crippen LogP contribution in [0.3, 0.4) is 0 Å². The molecule has 0 spiro atoms. The van der Waals surface area contributed by atoms with Crippen molar-refractivity contribution in [3.63, 3.8) is 0 Å². The van der Waals surface area contributed by atoms with Crippen molar-refractivity contribution >= 4 is 18.1 Å². The van der Waals surface area contributed by atoms with Gasteiger partial charge in [0.1, 0.15) is 0 Å². The lowest BCUT2D eigenvalue weighted by Gasteiger charge is -2.37. The lowest BCUT2D eigenvalue weighted by molar-refractivity contribution is -0.139. The van der Waals surface area contributed by atoms with Crippen molar-refractivity contribution in [3.05, 3.63) is 47.3 Å². The van der Waals surface area contributed by atoms with Gasteiger partial charge in [-0.1, -0.05) is 6.07 Å². The number of hydrogen-bond acceptors (Lipinski definition) is 3. The number of nitrogens with two attached hydrogens (primary N) is 1. The Kier molecular flexibility index (Phi) is 5.45. The number of hydrogen-bond donors (Lipinski definition) is 1. The van der Waals surface area contributed by atoms with Crippen LogP contribution >= 0.6 is 12.4 Å². The number of alkyl halides is 3. The van der Waals surface area contributed by atoms with Crippen molar-refractivity contribution in [1.82, 2.24) is 14.7 Å². The Morgan fingerprint density at radius 1 is 1.33 bits per heavy atom. The number of halogens is 4. The molecule has 132 valence electrons. The quantitative estimate of drug-likeness (QED) is 0.854. The minimum Gasteiger partial charge on any atom is -0.399 e. The Balaban J connectivity index is 0.00000208. The third-order valence-electron chi connectivity index (χ3n) is 4.22. The van der Waals surface area contributed by atoms with Crippen molar-refractivity contribution in [1.29, 1.82) is 0 Å². The fourth-order valence-corrected chi connectivity index (χ4v) is 3.17. The van der Waals surface area contributed by atoms with Crippen LogP contribution < -0.4 is 5.73 Å². The van der Waals surface area contributed by atoms with Gasteiger partial charge in [0.05, 0.1) is 18.7 Å². The number of anilines is 1. The predicted molar refractivity (Wildman–Crippen MR) is 89.1 cm³/mol. The third kappa shape index (κ3) is 4.02. The molecule has 2 N–H and O–H groups in total. The molecule has 1 aliphatic rings. The molecule has 4 nitrogen and oxygen atoms in total. The molecule has 2 heterocycles. The zero-order valence-corrected chi connectivity index (χ0v) is 14.1. The fraction of sp³-hybridized carbons (Fsp3) is 0.438. The largest absolute Gasteiger partial charge is 0.399 e. The molecule has 0 radical (unpaired) electrons. The van der Waals surface area contributed by atoms with E-state index in [0.717, 1.165) is 23.1 Å². The molecular weight excluding hydrogens is 341 g/mol. The first kappa shape index (κ1) is 18.6. The second kappa shape index (κ2) is 7.03. The monoisotopic (exact) mass is 360 g/mol. The van der Waals surface area contributed by atoms with Gasteiger partial charge >= 0.3 is 6.18 Å². The summed E-state index contributed by atoms with van der Waals surface area (Å²) in [5.74, 6) is 0. The zero-order valence-electron chi connectivity index (χ0n) is 13.3. The van der Waals surface area contributed by atoms with Crippen molar-refractivity contribution in [2.75, 3.05) is 18.8 Å². The summed E-state index contributed by atoms with van der Waals surface area (Å²) in [6, 6.07) is 5.44. The first-order valence-corrected chi connectivity index (χ1v) is 7.51. The normalized spacial score (nSPS) is 18.1. The van der Waals surface area contributed by atoms with Gasteiger partial charge in [-0.2, -0.15) is 18.3 Å². The van der Waals surface area contributed by atoms with Gasteiger partial charge in [-0.05, 0) is 29.7 Å². The predicted octanol–water partition coefficient (Wildman–Crippen LogP) is 3.32. The highest BCUT2D eigenvalue weighted by Crippen LogP contribution is 2.36. The van der Waals surface area contributed by atoms with E-state index >= 15 is 0 Å². The number of nitrogen functional groups attached to an aromatic ring is 1. The SMILES string of the molecule is Cl.Cn1cc(C2c3cc(N)ccc3CCN2CCC(F)(F)F)cn1. The highest BCUT2D eigenvalue weighted by Gasteiger charge is 2.33. The van der Waals surface area contributed by atoms with Crippen LogP contribution in [0, 0.1) is 0 Å². The molecule has 0 saturated heterocycles. The lowest BCUT2D eigenvalue weighted by atomic mass is 9.89. The van der Waals surface area contributed by atoms with E-state index in [9.17, 15) is 13.2 Å². The maximum absolute atomic E-state index is 12.6. The number of aryl methyl sites for hydroxylation is 1. The molecule has 2 aromatic rings. The van der Waals surface area contributed by atoms with E-state index in [0.29, 0.717) is 12.2 Å². The highest BCUT2D eigenvalue weighted by molar-refractivity contribution is 5.85. The van der Waals surface area contributed by atoms with E-state index in [4.69, 9.17) is 5.73 Å². The van der Waals surface area contributed by atoms with Gasteiger partial charge in [-0.3, -0.25) is 9.58 Å². The van der Waals surface area contributed by atoms with Crippen LogP contribution in [-0.2, 0) is 13.5 Å². The molecule has 1 aromatic carbocycles. The van der Waals surface area contributed by atoms with Gasteiger partial charge in [0.25, 0.3) is 0 Å². The summed E-state index contributed by atoms with van der Waals surface area (Å²) in [6.45, 7) is 0.559. The molecule has 3 rings (SSSR count). The summed E-state index contributed by atoms with van der Waals surface area (Å²) < 4.78 is 39.6. The Labute approximate surface area is 144 Å². The summed E-state index contributed by atoms with van der Waals surface area (Å²) in [5.41, 5.74) is 9.52. The van der Waals surface area contributed by atoms with E-state index < -0.39 is 12.6 Å². The third-order valence-corrected chi connectivity index (χ3v) is 4.22. The van der Waals surface area contributed by atoms with E-state index in [1.54, 1.807) is 17.9 Å². The molecule has 1 atom stereocenters. The van der Waals surface area contributed by atoms with Crippen LogP contribution in [0.5, 0.6) is 0 Å². The number of nitrogens with zero attached hydrogens (tertiary/aromatic N) is 3. The molecule has 0 amide bonds. The van der Waals surface area contributed by atoms with E-state index in [-0.39, 0.29) is 25.0 Å². The van der Waals surface area contributed by atoms with E-state index in [2.05, 4.69) is 5.10 Å². The van der Waals surface area contributed by atoms with Gasteiger partial charge in [-0.15, -0.1) is 12.4 Å². The average Bonchev–Trinajstić information content (AvgIpc) is 2.89. The minimum atomic E-state index is -4.16. The maximum Gasteiger partial charge on any atom is 0.390 e. The van der Waals surface area contributed by atoms with Crippen molar-refractivity contribution in [2.24, 2.45) is 7.05 Å². The summed E-state index contributed by atoms with van der Waals surface area (Å²) in [6.07, 6.45) is -0.686. The lowest BCUT2D eigenvalue weighted by Crippen LogP contribution is -2.38. The molecule has 24 heavy (non-hydrogen) atoms. The van der Waals surface area contributed by atoms with Crippen LogP contribution in [-0.4, -0.2) is 33.9 Å². The summed E-state index contributed by atoms with van der Waals surface area (Å²) >= 11 is 0. The fourth-order valence-electron chi connectivity index (χ4n) is 3.17. The van der Waals surface area contributed by atoms with Crippen molar-refractivity contribution < 1.29 is 13.2 Å². The first-order chi connectivity index (χ1) is 10.8. The van der Waals surface area contributed by atoms with Gasteiger partial charge < -0.3 is 5.73 Å². The first-order valence-electron chi connectivity index (χ1n) is 7.51. The summed E-state index contributed by atoms with van der Waals surface area (Å²) in [5, 5.41) is 4.17. The Bertz CT molecular complexity index is 699. The highest BCUT2D eigenvalue weighted by atomic mass is 35.5. The van der Waals surface area contributed by atoms with Gasteiger partial charge in [0.2, 0.25) is 0 Å². The molecule has 1 unspecified atom stereocenters. The average molecular weight is 361 g/mol. The number of benzene rings is 1. The topological polar surface area (TPSA) is 47.1 Å². The van der Waals surface area contributed by atoms with Crippen LogP contribution in [0.2, 0.25) is 0 Å². The van der Waals surface area contributed by atoms with Crippen molar-refractivity contribution in [3.8, 4) is 0 Å². The Hall–Kier alpha value is -1.73. The van der Waals surface area contributed by atoms with Crippen LogP contribution in [0.25, 0.3) is 0 Å². The molecule has 0 bridgehead atoms. The van der Waals surface area contributed by atoms with E-state index in [1.807, 2.05) is 29.3 Å². The standard InChI is InChI=1S/C16H19F3N4.ClH/c1-22-10-12(9-21-22)15-14-8-13(20)3-2-11(14)4-6-23(15)7-5-16(17,18)19;/h2-3,8-10,15H,4-7,20H2,1H3;1H. The number of aromatic nitrogens is 2. The smallest absolute Gasteiger partial charge is 0.390 e. The maximum atomic E-state index is 12.6. The minimum absolute atomic E-state index is 0. The molecule has 1 aliphatic heterocycles. The van der Waals surface area contributed by atoms with Crippen LogP contribution in [0.15, 0.2) is 30.6 Å².